The number of anilines is 1. The van der Waals surface area contributed by atoms with Crippen LogP contribution in [0.5, 0.6) is 0 Å². The zero-order chi connectivity index (χ0) is 20.3. The molecule has 0 radical (unpaired) electrons. The molecule has 3 aromatic rings. The van der Waals surface area contributed by atoms with Gasteiger partial charge in [0.05, 0.1) is 16.3 Å². The molecule has 148 valence electrons. The Morgan fingerprint density at radius 2 is 2.04 bits per heavy atom. The highest BCUT2D eigenvalue weighted by Gasteiger charge is 2.26. The molecule has 28 heavy (non-hydrogen) atoms. The molecule has 0 aliphatic heterocycles. The van der Waals surface area contributed by atoms with Crippen LogP contribution in [-0.2, 0) is 6.42 Å². The first-order valence-corrected chi connectivity index (χ1v) is 9.81. The molecule has 0 spiro atoms. The number of amides is 1. The van der Waals surface area contributed by atoms with E-state index >= 15 is 0 Å². The van der Waals surface area contributed by atoms with Crippen LogP contribution < -0.4 is 4.90 Å². The van der Waals surface area contributed by atoms with Crippen molar-refractivity contribution in [3.8, 4) is 0 Å². The summed E-state index contributed by atoms with van der Waals surface area (Å²) in [6.45, 7) is 3.32. The highest BCUT2D eigenvalue weighted by molar-refractivity contribution is 7.22. The van der Waals surface area contributed by atoms with Gasteiger partial charge in [-0.3, -0.25) is 19.8 Å². The molecule has 8 nitrogen and oxygen atoms in total. The second-order valence-corrected chi connectivity index (χ2v) is 7.67. The Bertz CT molecular complexity index is 995. The molecule has 2 aromatic heterocycles. The molecule has 2 heterocycles. The summed E-state index contributed by atoms with van der Waals surface area (Å²) >= 11 is 1.43. The molecule has 0 saturated heterocycles. The van der Waals surface area contributed by atoms with Crippen LogP contribution in [0.4, 0.5) is 11.0 Å². The Morgan fingerprint density at radius 1 is 1.25 bits per heavy atom. The van der Waals surface area contributed by atoms with Crippen molar-refractivity contribution in [1.29, 1.82) is 0 Å². The smallest absolute Gasteiger partial charge is 0.395 e. The number of aromatic nitrogens is 1. The van der Waals surface area contributed by atoms with Crippen molar-refractivity contribution < 1.29 is 14.1 Å². The Balaban J connectivity index is 1.93. The quantitative estimate of drug-likeness (QED) is 0.418. The summed E-state index contributed by atoms with van der Waals surface area (Å²) in [6, 6.07) is 8.59. The van der Waals surface area contributed by atoms with Gasteiger partial charge in [0, 0.05) is 6.54 Å². The van der Waals surface area contributed by atoms with Gasteiger partial charge in [-0.1, -0.05) is 24.3 Å². The van der Waals surface area contributed by atoms with E-state index in [9.17, 15) is 14.9 Å². The monoisotopic (exact) mass is 402 g/mol. The maximum atomic E-state index is 13.0. The first-order chi connectivity index (χ1) is 13.4. The molecule has 0 aliphatic rings. The molecule has 9 heteroatoms. The van der Waals surface area contributed by atoms with Crippen LogP contribution in [0.1, 0.15) is 29.5 Å². The number of carbonyl (C=O) groups excluding carboxylic acids is 1. The fraction of sp³-hybridized carbons (Fsp3) is 0.368. The molecular formula is C19H22N4O4S. The van der Waals surface area contributed by atoms with Crippen LogP contribution in [0.2, 0.25) is 0 Å². The van der Waals surface area contributed by atoms with Crippen molar-refractivity contribution in [2.24, 2.45) is 0 Å². The summed E-state index contributed by atoms with van der Waals surface area (Å²) in [5.41, 5.74) is 2.03. The van der Waals surface area contributed by atoms with Crippen LogP contribution in [0.15, 0.2) is 34.7 Å². The molecule has 1 amide bonds. The molecule has 0 N–H and O–H groups in total. The van der Waals surface area contributed by atoms with Crippen molar-refractivity contribution in [3.05, 3.63) is 51.8 Å². The maximum absolute atomic E-state index is 13.0. The number of fused-ring (bicyclic) bond motifs is 1. The Morgan fingerprint density at radius 3 is 2.68 bits per heavy atom. The van der Waals surface area contributed by atoms with Crippen LogP contribution in [0.3, 0.4) is 0 Å². The predicted molar refractivity (Wildman–Crippen MR) is 109 cm³/mol. The topological polar surface area (TPSA) is 92.7 Å². The number of hydrogen-bond donors (Lipinski definition) is 0. The van der Waals surface area contributed by atoms with Crippen LogP contribution in [-0.4, -0.2) is 47.9 Å². The summed E-state index contributed by atoms with van der Waals surface area (Å²) in [4.78, 5) is 31.4. The number of nitrogens with zero attached hydrogens (tertiary/aromatic N) is 4. The lowest BCUT2D eigenvalue weighted by atomic mass is 10.2. The van der Waals surface area contributed by atoms with E-state index in [1.807, 2.05) is 31.1 Å². The molecule has 0 aliphatic carbocycles. The lowest BCUT2D eigenvalue weighted by molar-refractivity contribution is -0.402. The lowest BCUT2D eigenvalue weighted by Crippen LogP contribution is -2.33. The van der Waals surface area contributed by atoms with E-state index in [2.05, 4.69) is 18.0 Å². The van der Waals surface area contributed by atoms with E-state index in [1.54, 1.807) is 4.90 Å². The first kappa shape index (κ1) is 20.0. The second kappa shape index (κ2) is 8.49. The Kier molecular flexibility index (Phi) is 6.05. The Hall–Kier alpha value is -2.78. The normalized spacial score (nSPS) is 11.3. The lowest BCUT2D eigenvalue weighted by Gasteiger charge is -2.19. The van der Waals surface area contributed by atoms with E-state index in [0.29, 0.717) is 11.7 Å². The van der Waals surface area contributed by atoms with Crippen molar-refractivity contribution in [2.45, 2.75) is 19.8 Å². The molecule has 1 aromatic carbocycles. The summed E-state index contributed by atoms with van der Waals surface area (Å²) in [5.74, 6) is -0.944. The van der Waals surface area contributed by atoms with Gasteiger partial charge in [-0.15, -0.1) is 0 Å². The number of benzene rings is 1. The first-order valence-electron chi connectivity index (χ1n) is 8.99. The minimum absolute atomic E-state index is 0.0648. The standard InChI is InChI=1S/C19H22N4O4S/c1-4-13-6-7-14-16(12-13)28-19(20-14)22(11-5-10-21(2)3)18(24)15-8-9-17(27-15)23(25)26/h6-9,12H,4-5,10-11H2,1-3H3. The van der Waals surface area contributed by atoms with Gasteiger partial charge < -0.3 is 9.32 Å². The molecule has 3 rings (SSSR count). The summed E-state index contributed by atoms with van der Waals surface area (Å²) < 4.78 is 6.13. The Labute approximate surface area is 166 Å². The summed E-state index contributed by atoms with van der Waals surface area (Å²) in [6.07, 6.45) is 1.66. The van der Waals surface area contributed by atoms with E-state index in [4.69, 9.17) is 4.42 Å². The zero-order valence-corrected chi connectivity index (χ0v) is 16.9. The van der Waals surface area contributed by atoms with Crippen LogP contribution in [0.25, 0.3) is 10.2 Å². The minimum Gasteiger partial charge on any atom is -0.395 e. The highest BCUT2D eigenvalue weighted by Crippen LogP contribution is 2.31. The third-order valence-corrected chi connectivity index (χ3v) is 5.34. The number of carbonyl (C=O) groups is 1. The number of thiazole rings is 1. The van der Waals surface area contributed by atoms with E-state index in [-0.39, 0.29) is 5.76 Å². The number of hydrogen-bond acceptors (Lipinski definition) is 7. The highest BCUT2D eigenvalue weighted by atomic mass is 32.1. The van der Waals surface area contributed by atoms with Crippen LogP contribution in [0, 0.1) is 10.1 Å². The maximum Gasteiger partial charge on any atom is 0.433 e. The molecular weight excluding hydrogens is 380 g/mol. The van der Waals surface area contributed by atoms with E-state index in [0.717, 1.165) is 29.6 Å². The number of rotatable bonds is 8. The second-order valence-electron chi connectivity index (χ2n) is 6.66. The van der Waals surface area contributed by atoms with Gasteiger partial charge in [0.1, 0.15) is 4.92 Å². The van der Waals surface area contributed by atoms with Crippen molar-refractivity contribution in [3.63, 3.8) is 0 Å². The zero-order valence-electron chi connectivity index (χ0n) is 16.0. The third-order valence-electron chi connectivity index (χ3n) is 4.30. The van der Waals surface area contributed by atoms with Gasteiger partial charge in [0.15, 0.2) is 10.9 Å². The summed E-state index contributed by atoms with van der Waals surface area (Å²) in [7, 11) is 3.93. The average Bonchev–Trinajstić information content (AvgIpc) is 3.30. The van der Waals surface area contributed by atoms with Crippen LogP contribution >= 0.6 is 11.3 Å². The third kappa shape index (κ3) is 4.37. The van der Waals surface area contributed by atoms with E-state index < -0.39 is 16.7 Å². The number of aryl methyl sites for hydroxylation is 1. The minimum atomic E-state index is -0.656. The van der Waals surface area contributed by atoms with Gasteiger partial charge in [-0.2, -0.15) is 0 Å². The van der Waals surface area contributed by atoms with Gasteiger partial charge in [0.25, 0.3) is 5.91 Å². The van der Waals surface area contributed by atoms with Gasteiger partial charge in [-0.25, -0.2) is 4.98 Å². The van der Waals surface area contributed by atoms with Gasteiger partial charge >= 0.3 is 5.88 Å². The number of nitro groups is 1. The van der Waals surface area contributed by atoms with Gasteiger partial charge in [0.2, 0.25) is 0 Å². The molecule has 0 unspecified atom stereocenters. The fourth-order valence-electron chi connectivity index (χ4n) is 2.80. The SMILES string of the molecule is CCc1ccc2nc(N(CCCN(C)C)C(=O)c3ccc([N+](=O)[O-])o3)sc2c1. The summed E-state index contributed by atoms with van der Waals surface area (Å²) in [5, 5.41) is 11.4. The molecule has 0 atom stereocenters. The number of furan rings is 1. The molecule has 0 bridgehead atoms. The predicted octanol–water partition coefficient (Wildman–Crippen LogP) is 3.96. The van der Waals surface area contributed by atoms with Crippen molar-refractivity contribution >= 4 is 38.5 Å². The fourth-order valence-corrected chi connectivity index (χ4v) is 3.85. The average molecular weight is 402 g/mol. The van der Waals surface area contributed by atoms with Gasteiger partial charge in [-0.05, 0) is 57.2 Å². The van der Waals surface area contributed by atoms with E-state index in [1.165, 1.54) is 29.0 Å². The molecule has 0 fully saturated rings. The molecule has 0 saturated carbocycles. The van der Waals surface area contributed by atoms with Crippen molar-refractivity contribution in [1.82, 2.24) is 9.88 Å². The largest absolute Gasteiger partial charge is 0.433 e. The van der Waals surface area contributed by atoms with Crippen molar-refractivity contribution in [2.75, 3.05) is 32.1 Å².